The minimum atomic E-state index is -0.165. The standard InChI is InChI=1S/C27H48N2O3/c1-17(5-8-25(31)32-4)20-6-7-21-19-16-24(30)23-15-18(29-14-13-28)9-11-27(23,3)22(19)10-12-26(20,21)2/h17-24,29-30H,5-16,28H2,1-4H3/t17-,18+,19?,20-,21?,22?,23-,24-,26-,27-/m1/s1. The van der Waals surface area contributed by atoms with Gasteiger partial charge in [0.1, 0.15) is 0 Å². The Balaban J connectivity index is 1.47. The lowest BCUT2D eigenvalue weighted by molar-refractivity contribution is -0.162. The Bertz CT molecular complexity index is 671. The van der Waals surface area contributed by atoms with E-state index in [0.717, 1.165) is 37.6 Å². The maximum Gasteiger partial charge on any atom is 0.305 e. The molecule has 4 rings (SSSR count). The number of carbonyl (C=O) groups is 1. The van der Waals surface area contributed by atoms with Crippen LogP contribution in [0, 0.1) is 46.3 Å². The number of esters is 1. The maximum atomic E-state index is 11.7. The highest BCUT2D eigenvalue weighted by Gasteiger charge is 2.62. The third-order valence-electron chi connectivity index (χ3n) is 11.0. The van der Waals surface area contributed by atoms with E-state index in [2.05, 4.69) is 26.1 Å². The van der Waals surface area contributed by atoms with Gasteiger partial charge in [-0.05, 0) is 104 Å². The largest absolute Gasteiger partial charge is 0.469 e. The van der Waals surface area contributed by atoms with E-state index in [1.165, 1.54) is 45.6 Å². The SMILES string of the molecule is COC(=O)CC[C@@H](C)[C@H]1CCC2C3C[C@@H](O)[C@H]4C[C@@H](NCCN)CC[C@]4(C)C3CC[C@@]21C. The summed E-state index contributed by atoms with van der Waals surface area (Å²) in [5, 5.41) is 15.0. The lowest BCUT2D eigenvalue weighted by Crippen LogP contribution is -2.59. The lowest BCUT2D eigenvalue weighted by Gasteiger charge is -2.62. The number of nitrogens with one attached hydrogen (secondary N) is 1. The average Bonchev–Trinajstić information content (AvgIpc) is 3.13. The normalized spacial score (nSPS) is 46.6. The van der Waals surface area contributed by atoms with Crippen molar-refractivity contribution in [2.24, 2.45) is 52.1 Å². The van der Waals surface area contributed by atoms with Gasteiger partial charge in [-0.1, -0.05) is 20.8 Å². The molecule has 0 aromatic heterocycles. The summed E-state index contributed by atoms with van der Waals surface area (Å²) in [5.74, 6) is 3.75. The second kappa shape index (κ2) is 9.54. The number of hydrogen-bond acceptors (Lipinski definition) is 5. The van der Waals surface area contributed by atoms with Crippen LogP contribution < -0.4 is 11.1 Å². The predicted molar refractivity (Wildman–Crippen MR) is 128 cm³/mol. The zero-order chi connectivity index (χ0) is 23.1. The summed E-state index contributed by atoms with van der Waals surface area (Å²) in [6, 6.07) is 0.517. The fourth-order valence-corrected chi connectivity index (χ4v) is 9.40. The summed E-state index contributed by atoms with van der Waals surface area (Å²) in [5.41, 5.74) is 6.36. The van der Waals surface area contributed by atoms with Crippen LogP contribution in [-0.2, 0) is 9.53 Å². The molecule has 0 aromatic carbocycles. The Morgan fingerprint density at radius 1 is 1.09 bits per heavy atom. The van der Waals surface area contributed by atoms with E-state index in [1.807, 2.05) is 0 Å². The highest BCUT2D eigenvalue weighted by atomic mass is 16.5. The zero-order valence-corrected chi connectivity index (χ0v) is 20.9. The molecule has 4 saturated carbocycles. The van der Waals surface area contributed by atoms with Crippen LogP contribution in [0.15, 0.2) is 0 Å². The van der Waals surface area contributed by atoms with Gasteiger partial charge < -0.3 is 20.9 Å². The molecule has 3 unspecified atom stereocenters. The molecule has 4 aliphatic carbocycles. The van der Waals surface area contributed by atoms with Gasteiger partial charge in [-0.3, -0.25) is 4.79 Å². The quantitative estimate of drug-likeness (QED) is 0.510. The number of ether oxygens (including phenoxy) is 1. The zero-order valence-electron chi connectivity index (χ0n) is 20.9. The first-order valence-electron chi connectivity index (χ1n) is 13.4. The van der Waals surface area contributed by atoms with Crippen molar-refractivity contribution in [3.8, 4) is 0 Å². The van der Waals surface area contributed by atoms with Crippen molar-refractivity contribution in [1.29, 1.82) is 0 Å². The Labute approximate surface area is 195 Å². The van der Waals surface area contributed by atoms with E-state index in [-0.39, 0.29) is 17.5 Å². The summed E-state index contributed by atoms with van der Waals surface area (Å²) in [7, 11) is 1.49. The first-order valence-corrected chi connectivity index (χ1v) is 13.4. The van der Waals surface area contributed by atoms with Crippen LogP contribution in [0.2, 0.25) is 0 Å². The minimum absolute atomic E-state index is 0.0776. The van der Waals surface area contributed by atoms with Gasteiger partial charge in [0.05, 0.1) is 13.2 Å². The molecule has 0 spiro atoms. The van der Waals surface area contributed by atoms with Gasteiger partial charge in [-0.2, -0.15) is 0 Å². The number of methoxy groups -OCH3 is 1. The number of hydrogen-bond donors (Lipinski definition) is 3. The summed E-state index contributed by atoms with van der Waals surface area (Å²) >= 11 is 0. The average molecular weight is 449 g/mol. The number of carbonyl (C=O) groups excluding carboxylic acids is 1. The Morgan fingerprint density at radius 2 is 1.81 bits per heavy atom. The van der Waals surface area contributed by atoms with Crippen molar-refractivity contribution in [1.82, 2.24) is 5.32 Å². The first kappa shape index (κ1) is 24.5. The van der Waals surface area contributed by atoms with Gasteiger partial charge in [-0.25, -0.2) is 0 Å². The van der Waals surface area contributed by atoms with E-state index >= 15 is 0 Å². The second-order valence-electron chi connectivity index (χ2n) is 12.3. The van der Waals surface area contributed by atoms with Gasteiger partial charge in [0.2, 0.25) is 0 Å². The Hall–Kier alpha value is -0.650. The van der Waals surface area contributed by atoms with E-state index < -0.39 is 0 Å². The summed E-state index contributed by atoms with van der Waals surface area (Å²) in [6.45, 7) is 8.99. The molecule has 0 aliphatic heterocycles. The van der Waals surface area contributed by atoms with Gasteiger partial charge in [0, 0.05) is 25.6 Å². The molecule has 5 heteroatoms. The minimum Gasteiger partial charge on any atom is -0.469 e. The highest BCUT2D eigenvalue weighted by Crippen LogP contribution is 2.68. The Kier molecular flexibility index (Phi) is 7.30. The first-order chi connectivity index (χ1) is 15.2. The van der Waals surface area contributed by atoms with E-state index in [9.17, 15) is 9.90 Å². The van der Waals surface area contributed by atoms with Crippen molar-refractivity contribution in [2.75, 3.05) is 20.2 Å². The van der Waals surface area contributed by atoms with Crippen molar-refractivity contribution in [3.63, 3.8) is 0 Å². The fraction of sp³-hybridized carbons (Fsp3) is 0.963. The van der Waals surface area contributed by atoms with Gasteiger partial charge >= 0.3 is 5.97 Å². The summed E-state index contributed by atoms with van der Waals surface area (Å²) in [6.07, 6.45) is 11.1. The molecule has 5 nitrogen and oxygen atoms in total. The Morgan fingerprint density at radius 3 is 2.53 bits per heavy atom. The number of fused-ring (bicyclic) bond motifs is 5. The number of aliphatic hydroxyl groups is 1. The van der Waals surface area contributed by atoms with Crippen LogP contribution in [0.4, 0.5) is 0 Å². The monoisotopic (exact) mass is 448 g/mol. The topological polar surface area (TPSA) is 84.6 Å². The van der Waals surface area contributed by atoms with Crippen LogP contribution in [0.5, 0.6) is 0 Å². The molecule has 0 saturated heterocycles. The van der Waals surface area contributed by atoms with E-state index in [1.54, 1.807) is 0 Å². The molecule has 32 heavy (non-hydrogen) atoms. The van der Waals surface area contributed by atoms with E-state index in [4.69, 9.17) is 10.5 Å². The maximum absolute atomic E-state index is 11.7. The van der Waals surface area contributed by atoms with Crippen molar-refractivity contribution >= 4 is 5.97 Å². The van der Waals surface area contributed by atoms with Gasteiger partial charge in [0.15, 0.2) is 0 Å². The molecule has 4 aliphatic rings. The molecular weight excluding hydrogens is 400 g/mol. The third kappa shape index (κ3) is 4.15. The second-order valence-corrected chi connectivity index (χ2v) is 12.3. The molecule has 0 amide bonds. The van der Waals surface area contributed by atoms with Gasteiger partial charge in [-0.15, -0.1) is 0 Å². The van der Waals surface area contributed by atoms with Crippen molar-refractivity contribution in [2.45, 2.75) is 97.1 Å². The van der Waals surface area contributed by atoms with Crippen LogP contribution in [0.1, 0.15) is 85.0 Å². The number of aliphatic hydroxyl groups excluding tert-OH is 1. The summed E-state index contributed by atoms with van der Waals surface area (Å²) < 4.78 is 4.89. The molecule has 4 fully saturated rings. The van der Waals surface area contributed by atoms with Crippen LogP contribution >= 0.6 is 0 Å². The smallest absolute Gasteiger partial charge is 0.305 e. The third-order valence-corrected chi connectivity index (χ3v) is 11.0. The molecule has 4 N–H and O–H groups in total. The predicted octanol–water partition coefficient (Wildman–Crippen LogP) is 4.12. The molecule has 0 radical (unpaired) electrons. The van der Waals surface area contributed by atoms with Crippen molar-refractivity contribution in [3.05, 3.63) is 0 Å². The molecule has 10 atom stereocenters. The number of rotatable bonds is 7. The summed E-state index contributed by atoms with van der Waals surface area (Å²) in [4.78, 5) is 11.7. The molecule has 0 aromatic rings. The van der Waals surface area contributed by atoms with Crippen LogP contribution in [-0.4, -0.2) is 43.4 Å². The molecule has 184 valence electrons. The van der Waals surface area contributed by atoms with Crippen LogP contribution in [0.25, 0.3) is 0 Å². The van der Waals surface area contributed by atoms with Crippen molar-refractivity contribution < 1.29 is 14.6 Å². The fourth-order valence-electron chi connectivity index (χ4n) is 9.40. The molecular formula is C27H48N2O3. The molecule has 0 bridgehead atoms. The molecule has 0 heterocycles. The highest BCUT2D eigenvalue weighted by molar-refractivity contribution is 5.69. The van der Waals surface area contributed by atoms with Gasteiger partial charge in [0.25, 0.3) is 0 Å². The van der Waals surface area contributed by atoms with Crippen LogP contribution in [0.3, 0.4) is 0 Å². The van der Waals surface area contributed by atoms with E-state index in [0.29, 0.717) is 48.1 Å². The number of nitrogens with two attached hydrogens (primary N) is 1. The lowest BCUT2D eigenvalue weighted by atomic mass is 9.43.